The Morgan fingerprint density at radius 2 is 1.56 bits per heavy atom. The molecule has 2 rings (SSSR count). The van der Waals surface area contributed by atoms with Crippen LogP contribution in [0.5, 0.6) is 0 Å². The molecule has 1 unspecified atom stereocenters. The van der Waals surface area contributed by atoms with E-state index < -0.39 is 0 Å². The topological polar surface area (TPSA) is 26.0 Å². The molecule has 18 heavy (non-hydrogen) atoms. The molecule has 2 heteroatoms. The minimum Gasteiger partial charge on any atom is -0.324 e. The highest BCUT2D eigenvalue weighted by atomic mass is 32.2. The van der Waals surface area contributed by atoms with Gasteiger partial charge in [-0.3, -0.25) is 0 Å². The van der Waals surface area contributed by atoms with Crippen molar-refractivity contribution in [3.63, 3.8) is 0 Å². The molecule has 0 spiro atoms. The van der Waals surface area contributed by atoms with Crippen LogP contribution >= 0.6 is 11.8 Å². The normalized spacial score (nSPS) is 12.3. The maximum Gasteiger partial charge on any atom is 0.0302 e. The third-order valence-corrected chi connectivity index (χ3v) is 3.72. The molecule has 0 fully saturated rings. The van der Waals surface area contributed by atoms with Crippen LogP contribution in [0.25, 0.3) is 11.1 Å². The van der Waals surface area contributed by atoms with Crippen LogP contribution in [-0.2, 0) is 0 Å². The van der Waals surface area contributed by atoms with Gasteiger partial charge in [-0.25, -0.2) is 0 Å². The molecular weight excluding hydrogens is 238 g/mol. The zero-order chi connectivity index (χ0) is 12.8. The summed E-state index contributed by atoms with van der Waals surface area (Å²) in [5, 5.41) is 0. The van der Waals surface area contributed by atoms with Crippen molar-refractivity contribution in [1.29, 1.82) is 0 Å². The van der Waals surface area contributed by atoms with Gasteiger partial charge in [0.1, 0.15) is 0 Å². The summed E-state index contributed by atoms with van der Waals surface area (Å²) >= 11 is 1.84. The summed E-state index contributed by atoms with van der Waals surface area (Å²) in [4.78, 5) is 0. The van der Waals surface area contributed by atoms with E-state index in [9.17, 15) is 0 Å². The van der Waals surface area contributed by atoms with Crippen molar-refractivity contribution in [1.82, 2.24) is 0 Å². The summed E-state index contributed by atoms with van der Waals surface area (Å²) in [6.45, 7) is 0. The lowest BCUT2D eigenvalue weighted by Crippen LogP contribution is -2.10. The molecular formula is C16H19NS. The molecule has 0 saturated heterocycles. The van der Waals surface area contributed by atoms with Gasteiger partial charge in [0.15, 0.2) is 0 Å². The van der Waals surface area contributed by atoms with Gasteiger partial charge in [0.05, 0.1) is 0 Å². The average Bonchev–Trinajstić information content (AvgIpc) is 2.46. The van der Waals surface area contributed by atoms with Crippen molar-refractivity contribution in [2.75, 3.05) is 12.0 Å². The van der Waals surface area contributed by atoms with Crippen molar-refractivity contribution < 1.29 is 0 Å². The van der Waals surface area contributed by atoms with Gasteiger partial charge in [-0.15, -0.1) is 0 Å². The van der Waals surface area contributed by atoms with E-state index in [0.717, 1.165) is 12.2 Å². The Balaban J connectivity index is 2.10. The Kier molecular flexibility index (Phi) is 4.85. The summed E-state index contributed by atoms with van der Waals surface area (Å²) in [5.74, 6) is 1.11. The monoisotopic (exact) mass is 257 g/mol. The van der Waals surface area contributed by atoms with E-state index in [1.165, 1.54) is 16.7 Å². The van der Waals surface area contributed by atoms with Crippen LogP contribution in [0.15, 0.2) is 54.6 Å². The van der Waals surface area contributed by atoms with Gasteiger partial charge in [-0.1, -0.05) is 54.6 Å². The van der Waals surface area contributed by atoms with E-state index in [2.05, 4.69) is 54.8 Å². The highest BCUT2D eigenvalue weighted by molar-refractivity contribution is 7.98. The molecule has 1 atom stereocenters. The zero-order valence-corrected chi connectivity index (χ0v) is 11.5. The molecule has 2 aromatic carbocycles. The molecule has 0 aliphatic heterocycles. The quantitative estimate of drug-likeness (QED) is 0.872. The fourth-order valence-corrected chi connectivity index (χ4v) is 2.45. The lowest BCUT2D eigenvalue weighted by molar-refractivity contribution is 0.706. The second kappa shape index (κ2) is 6.62. The minimum atomic E-state index is 0.155. The van der Waals surface area contributed by atoms with E-state index in [4.69, 9.17) is 5.73 Å². The third kappa shape index (κ3) is 3.37. The predicted molar refractivity (Wildman–Crippen MR) is 81.8 cm³/mol. The fraction of sp³-hybridized carbons (Fsp3) is 0.250. The van der Waals surface area contributed by atoms with Crippen molar-refractivity contribution in [2.45, 2.75) is 12.5 Å². The molecule has 94 valence electrons. The van der Waals surface area contributed by atoms with Crippen LogP contribution in [0.1, 0.15) is 18.0 Å². The Labute approximate surface area is 113 Å². The van der Waals surface area contributed by atoms with Crippen LogP contribution in [0.2, 0.25) is 0 Å². The summed E-state index contributed by atoms with van der Waals surface area (Å²) in [6, 6.07) is 19.2. The maximum atomic E-state index is 6.16. The number of hydrogen-bond acceptors (Lipinski definition) is 2. The lowest BCUT2D eigenvalue weighted by Gasteiger charge is -2.12. The van der Waals surface area contributed by atoms with Gasteiger partial charge in [0, 0.05) is 6.04 Å². The van der Waals surface area contributed by atoms with Gasteiger partial charge in [0.25, 0.3) is 0 Å². The van der Waals surface area contributed by atoms with E-state index >= 15 is 0 Å². The smallest absolute Gasteiger partial charge is 0.0302 e. The van der Waals surface area contributed by atoms with E-state index in [1.807, 2.05) is 17.8 Å². The average molecular weight is 257 g/mol. The Hall–Kier alpha value is -1.25. The van der Waals surface area contributed by atoms with Crippen molar-refractivity contribution in [2.24, 2.45) is 5.73 Å². The van der Waals surface area contributed by atoms with Gasteiger partial charge < -0.3 is 5.73 Å². The lowest BCUT2D eigenvalue weighted by atomic mass is 10.0. The van der Waals surface area contributed by atoms with Gasteiger partial charge >= 0.3 is 0 Å². The molecule has 0 amide bonds. The van der Waals surface area contributed by atoms with Gasteiger partial charge in [-0.2, -0.15) is 11.8 Å². The maximum absolute atomic E-state index is 6.16. The molecule has 2 N–H and O–H groups in total. The number of nitrogens with two attached hydrogens (primary N) is 1. The Morgan fingerprint density at radius 3 is 2.17 bits per heavy atom. The Morgan fingerprint density at radius 1 is 0.944 bits per heavy atom. The molecule has 0 aliphatic carbocycles. The largest absolute Gasteiger partial charge is 0.324 e. The highest BCUT2D eigenvalue weighted by Crippen LogP contribution is 2.22. The molecule has 0 radical (unpaired) electrons. The summed E-state index contributed by atoms with van der Waals surface area (Å²) in [7, 11) is 0. The minimum absolute atomic E-state index is 0.155. The van der Waals surface area contributed by atoms with Crippen LogP contribution in [-0.4, -0.2) is 12.0 Å². The predicted octanol–water partition coefficient (Wildman–Crippen LogP) is 4.11. The number of thioether (sulfide) groups is 1. The van der Waals surface area contributed by atoms with Crippen LogP contribution in [0.3, 0.4) is 0 Å². The molecule has 2 aromatic rings. The first-order valence-corrected chi connectivity index (χ1v) is 7.60. The van der Waals surface area contributed by atoms with Crippen molar-refractivity contribution >= 4 is 11.8 Å². The molecule has 0 saturated carbocycles. The molecule has 0 aromatic heterocycles. The first-order chi connectivity index (χ1) is 8.81. The standard InChI is InChI=1S/C16H19NS/c1-18-12-11-16(17)15-9-7-14(8-10-15)13-5-3-2-4-6-13/h2-10,16H,11-12,17H2,1H3. The van der Waals surface area contributed by atoms with Crippen molar-refractivity contribution in [3.05, 3.63) is 60.2 Å². The van der Waals surface area contributed by atoms with E-state index in [1.54, 1.807) is 0 Å². The third-order valence-electron chi connectivity index (χ3n) is 3.08. The number of benzene rings is 2. The fourth-order valence-electron chi connectivity index (χ4n) is 1.96. The molecule has 0 aliphatic rings. The SMILES string of the molecule is CSCCC(N)c1ccc(-c2ccccc2)cc1. The number of rotatable bonds is 5. The molecule has 0 heterocycles. The summed E-state index contributed by atoms with van der Waals surface area (Å²) < 4.78 is 0. The summed E-state index contributed by atoms with van der Waals surface area (Å²) in [5.41, 5.74) is 9.88. The van der Waals surface area contributed by atoms with Crippen LogP contribution in [0.4, 0.5) is 0 Å². The van der Waals surface area contributed by atoms with Gasteiger partial charge in [-0.05, 0) is 35.1 Å². The first kappa shape index (κ1) is 13.2. The first-order valence-electron chi connectivity index (χ1n) is 6.21. The molecule has 1 nitrogen and oxygen atoms in total. The van der Waals surface area contributed by atoms with E-state index in [0.29, 0.717) is 0 Å². The highest BCUT2D eigenvalue weighted by Gasteiger charge is 2.05. The number of hydrogen-bond donors (Lipinski definition) is 1. The second-order valence-corrected chi connectivity index (χ2v) is 5.36. The van der Waals surface area contributed by atoms with Crippen LogP contribution < -0.4 is 5.73 Å². The van der Waals surface area contributed by atoms with Crippen molar-refractivity contribution in [3.8, 4) is 11.1 Å². The van der Waals surface area contributed by atoms with Crippen LogP contribution in [0, 0.1) is 0 Å². The molecule has 0 bridgehead atoms. The second-order valence-electron chi connectivity index (χ2n) is 4.38. The zero-order valence-electron chi connectivity index (χ0n) is 10.7. The van der Waals surface area contributed by atoms with Gasteiger partial charge in [0.2, 0.25) is 0 Å². The van der Waals surface area contributed by atoms with E-state index in [-0.39, 0.29) is 6.04 Å². The summed E-state index contributed by atoms with van der Waals surface area (Å²) in [6.07, 6.45) is 3.15. The Bertz CT molecular complexity index is 464.